The smallest absolute Gasteiger partial charge is 0.207 e. The number of carbonyl (C=O) groups excluding carboxylic acids is 1. The van der Waals surface area contributed by atoms with E-state index in [4.69, 9.17) is 0 Å². The van der Waals surface area contributed by atoms with Crippen LogP contribution in [0.3, 0.4) is 0 Å². The Morgan fingerprint density at radius 3 is 3.11 bits per heavy atom. The van der Waals surface area contributed by atoms with Gasteiger partial charge in [0.25, 0.3) is 0 Å². The number of piperidine rings is 1. The molecule has 3 nitrogen and oxygen atoms in total. The molecule has 1 atom stereocenters. The van der Waals surface area contributed by atoms with Gasteiger partial charge in [-0.1, -0.05) is 0 Å². The molecule has 9 heavy (non-hydrogen) atoms. The lowest BCUT2D eigenvalue weighted by molar-refractivity contribution is -0.110. The zero-order valence-electron chi connectivity index (χ0n) is 5.39. The molecule has 0 aromatic heterocycles. The minimum Gasteiger partial charge on any atom is -0.355 e. The predicted octanol–water partition coefficient (Wildman–Crippen LogP) is -0.516. The summed E-state index contributed by atoms with van der Waals surface area (Å²) in [4.78, 5) is 9.93. The Labute approximate surface area is 54.8 Å². The van der Waals surface area contributed by atoms with E-state index in [0.29, 0.717) is 6.04 Å². The summed E-state index contributed by atoms with van der Waals surface area (Å²) in [5.74, 6) is 0. The largest absolute Gasteiger partial charge is 0.355 e. The molecule has 0 spiro atoms. The highest BCUT2D eigenvalue weighted by molar-refractivity contribution is 5.46. The predicted molar refractivity (Wildman–Crippen MR) is 35.1 cm³/mol. The molecular formula is C6H12N2O. The van der Waals surface area contributed by atoms with Gasteiger partial charge in [-0.05, 0) is 19.4 Å². The van der Waals surface area contributed by atoms with Crippen molar-refractivity contribution in [3.05, 3.63) is 0 Å². The van der Waals surface area contributed by atoms with Crippen LogP contribution < -0.4 is 10.6 Å². The van der Waals surface area contributed by atoms with Crippen molar-refractivity contribution in [1.29, 1.82) is 0 Å². The van der Waals surface area contributed by atoms with Crippen LogP contribution in [0.15, 0.2) is 0 Å². The van der Waals surface area contributed by atoms with Crippen LogP contribution in [0.5, 0.6) is 0 Å². The van der Waals surface area contributed by atoms with Gasteiger partial charge in [0.15, 0.2) is 0 Å². The molecule has 1 rings (SSSR count). The van der Waals surface area contributed by atoms with Gasteiger partial charge in [-0.3, -0.25) is 4.79 Å². The van der Waals surface area contributed by atoms with E-state index in [0.717, 1.165) is 25.9 Å². The maximum absolute atomic E-state index is 9.93. The molecule has 1 aliphatic rings. The highest BCUT2D eigenvalue weighted by atomic mass is 16.1. The first kappa shape index (κ1) is 6.55. The highest BCUT2D eigenvalue weighted by Crippen LogP contribution is 1.99. The van der Waals surface area contributed by atoms with Crippen molar-refractivity contribution < 1.29 is 4.79 Å². The van der Waals surface area contributed by atoms with Gasteiger partial charge in [0.05, 0.1) is 0 Å². The Bertz CT molecular complexity index is 89.1. The number of nitrogens with one attached hydrogen (secondary N) is 2. The van der Waals surface area contributed by atoms with Gasteiger partial charge >= 0.3 is 0 Å². The molecule has 1 heterocycles. The Morgan fingerprint density at radius 1 is 1.67 bits per heavy atom. The second-order valence-electron chi connectivity index (χ2n) is 2.33. The summed E-state index contributed by atoms with van der Waals surface area (Å²) in [7, 11) is 0. The van der Waals surface area contributed by atoms with Crippen LogP contribution in [0.4, 0.5) is 0 Å². The lowest BCUT2D eigenvalue weighted by Crippen LogP contribution is -2.42. The first-order valence-corrected chi connectivity index (χ1v) is 3.34. The van der Waals surface area contributed by atoms with Crippen molar-refractivity contribution in [2.24, 2.45) is 0 Å². The minimum atomic E-state index is 0.372. The van der Waals surface area contributed by atoms with Gasteiger partial charge in [-0.2, -0.15) is 0 Å². The van der Waals surface area contributed by atoms with E-state index in [-0.39, 0.29) is 0 Å². The maximum Gasteiger partial charge on any atom is 0.207 e. The minimum absolute atomic E-state index is 0.372. The van der Waals surface area contributed by atoms with E-state index in [9.17, 15) is 4.79 Å². The Hall–Kier alpha value is -0.570. The Kier molecular flexibility index (Phi) is 2.51. The standard InChI is InChI=1S/C6H12N2O/c9-5-8-6-2-1-3-7-4-6/h5-7H,1-4H2,(H,8,9). The number of hydrogen-bond donors (Lipinski definition) is 2. The lowest BCUT2D eigenvalue weighted by atomic mass is 10.1. The van der Waals surface area contributed by atoms with Crippen molar-refractivity contribution >= 4 is 6.41 Å². The molecule has 1 unspecified atom stereocenters. The number of carbonyl (C=O) groups is 1. The molecule has 1 fully saturated rings. The topological polar surface area (TPSA) is 41.1 Å². The van der Waals surface area contributed by atoms with Crippen LogP contribution in [0.1, 0.15) is 12.8 Å². The molecule has 0 aromatic rings. The summed E-state index contributed by atoms with van der Waals surface area (Å²) < 4.78 is 0. The summed E-state index contributed by atoms with van der Waals surface area (Å²) in [5.41, 5.74) is 0. The van der Waals surface area contributed by atoms with Crippen LogP contribution in [0.2, 0.25) is 0 Å². The number of amides is 1. The SMILES string of the molecule is O=CNC1CCCNC1. The molecule has 1 saturated heterocycles. The third-order valence-electron chi connectivity index (χ3n) is 1.60. The normalized spacial score (nSPS) is 27.3. The fraction of sp³-hybridized carbons (Fsp3) is 0.833. The van der Waals surface area contributed by atoms with Crippen molar-refractivity contribution in [3.63, 3.8) is 0 Å². The number of hydrogen-bond acceptors (Lipinski definition) is 2. The van der Waals surface area contributed by atoms with Crippen molar-refractivity contribution in [2.45, 2.75) is 18.9 Å². The zero-order chi connectivity index (χ0) is 6.53. The molecule has 52 valence electrons. The molecule has 0 aromatic carbocycles. The van der Waals surface area contributed by atoms with Gasteiger partial charge in [-0.15, -0.1) is 0 Å². The summed E-state index contributed by atoms with van der Waals surface area (Å²) in [6.07, 6.45) is 3.06. The van der Waals surface area contributed by atoms with Gasteiger partial charge in [0, 0.05) is 12.6 Å². The molecular weight excluding hydrogens is 116 g/mol. The van der Waals surface area contributed by atoms with Gasteiger partial charge in [0.2, 0.25) is 6.41 Å². The van der Waals surface area contributed by atoms with Gasteiger partial charge < -0.3 is 10.6 Å². The molecule has 3 heteroatoms. The fourth-order valence-electron chi connectivity index (χ4n) is 1.09. The summed E-state index contributed by atoms with van der Waals surface area (Å²) in [6.45, 7) is 2.02. The monoisotopic (exact) mass is 128 g/mol. The van der Waals surface area contributed by atoms with Crippen molar-refractivity contribution in [3.8, 4) is 0 Å². The molecule has 0 bridgehead atoms. The number of rotatable bonds is 2. The summed E-state index contributed by atoms with van der Waals surface area (Å²) in [6, 6.07) is 0.372. The molecule has 1 amide bonds. The van der Waals surface area contributed by atoms with Crippen LogP contribution in [-0.2, 0) is 4.79 Å². The average molecular weight is 128 g/mol. The summed E-state index contributed by atoms with van der Waals surface area (Å²) >= 11 is 0. The average Bonchev–Trinajstić information content (AvgIpc) is 1.91. The lowest BCUT2D eigenvalue weighted by Gasteiger charge is -2.21. The first-order chi connectivity index (χ1) is 4.43. The van der Waals surface area contributed by atoms with E-state index in [1.807, 2.05) is 0 Å². The third kappa shape index (κ3) is 2.01. The zero-order valence-corrected chi connectivity index (χ0v) is 5.39. The summed E-state index contributed by atoms with van der Waals surface area (Å²) in [5, 5.41) is 5.94. The van der Waals surface area contributed by atoms with E-state index in [1.165, 1.54) is 6.42 Å². The van der Waals surface area contributed by atoms with Crippen LogP contribution in [0, 0.1) is 0 Å². The van der Waals surface area contributed by atoms with E-state index in [2.05, 4.69) is 10.6 Å². The third-order valence-corrected chi connectivity index (χ3v) is 1.60. The van der Waals surface area contributed by atoms with Crippen molar-refractivity contribution in [2.75, 3.05) is 13.1 Å². The molecule has 2 N–H and O–H groups in total. The highest BCUT2D eigenvalue weighted by Gasteiger charge is 2.09. The van der Waals surface area contributed by atoms with Gasteiger partial charge in [0.1, 0.15) is 0 Å². The first-order valence-electron chi connectivity index (χ1n) is 3.34. The van der Waals surface area contributed by atoms with E-state index >= 15 is 0 Å². The Balaban J connectivity index is 2.15. The Morgan fingerprint density at radius 2 is 2.56 bits per heavy atom. The van der Waals surface area contributed by atoms with Gasteiger partial charge in [-0.25, -0.2) is 0 Å². The molecule has 0 saturated carbocycles. The molecule has 0 aliphatic carbocycles. The second-order valence-corrected chi connectivity index (χ2v) is 2.33. The van der Waals surface area contributed by atoms with E-state index < -0.39 is 0 Å². The van der Waals surface area contributed by atoms with Crippen LogP contribution in [-0.4, -0.2) is 25.5 Å². The van der Waals surface area contributed by atoms with Crippen LogP contribution in [0.25, 0.3) is 0 Å². The van der Waals surface area contributed by atoms with Crippen LogP contribution >= 0.6 is 0 Å². The molecule has 1 aliphatic heterocycles. The van der Waals surface area contributed by atoms with E-state index in [1.54, 1.807) is 0 Å². The second kappa shape index (κ2) is 3.45. The molecule has 0 radical (unpaired) electrons. The quantitative estimate of drug-likeness (QED) is 0.491. The van der Waals surface area contributed by atoms with Crippen molar-refractivity contribution in [1.82, 2.24) is 10.6 Å². The maximum atomic E-state index is 9.93. The fourth-order valence-corrected chi connectivity index (χ4v) is 1.09.